The Kier molecular flexibility index (Phi) is 5.01. The monoisotopic (exact) mass is 354 g/mol. The van der Waals surface area contributed by atoms with Crippen molar-refractivity contribution in [3.63, 3.8) is 0 Å². The maximum absolute atomic E-state index is 13.0. The number of thioether (sulfide) groups is 1. The van der Waals surface area contributed by atoms with Crippen LogP contribution in [0.5, 0.6) is 0 Å². The lowest BCUT2D eigenvalue weighted by Gasteiger charge is -2.38. The number of nitrogens with one attached hydrogen (secondary N) is 1. The summed E-state index contributed by atoms with van der Waals surface area (Å²) in [5.74, 6) is 1.14. The van der Waals surface area contributed by atoms with Crippen LogP contribution in [0.3, 0.4) is 0 Å². The van der Waals surface area contributed by atoms with Gasteiger partial charge < -0.3 is 10.2 Å². The molecule has 2 aliphatic rings. The number of amides is 1. The number of para-hydroxylation sites is 1. The molecular weight excluding hydrogens is 332 g/mol. The third-order valence-corrected chi connectivity index (χ3v) is 5.83. The fourth-order valence-corrected chi connectivity index (χ4v) is 4.52. The minimum absolute atomic E-state index is 0.184. The first-order valence-electron chi connectivity index (χ1n) is 8.70. The third kappa shape index (κ3) is 3.56. The van der Waals surface area contributed by atoms with E-state index in [4.69, 9.17) is 0 Å². The van der Waals surface area contributed by atoms with Crippen LogP contribution in [0.25, 0.3) is 0 Å². The first-order valence-corrected chi connectivity index (χ1v) is 9.68. The zero-order chi connectivity index (χ0) is 17.1. The Balaban J connectivity index is 1.52. The van der Waals surface area contributed by atoms with Crippen molar-refractivity contribution in [2.45, 2.75) is 10.9 Å². The molecule has 2 aromatic rings. The topological polar surface area (TPSA) is 48.5 Å². The van der Waals surface area contributed by atoms with Gasteiger partial charge in [0.05, 0.1) is 12.2 Å². The van der Waals surface area contributed by atoms with Gasteiger partial charge in [0.15, 0.2) is 0 Å². The molecule has 0 bridgehead atoms. The van der Waals surface area contributed by atoms with Crippen molar-refractivity contribution in [3.8, 4) is 0 Å². The Hall–Kier alpha value is -1.89. The Morgan fingerprint density at radius 1 is 1.24 bits per heavy atom. The molecule has 25 heavy (non-hydrogen) atoms. The lowest BCUT2D eigenvalue weighted by atomic mass is 10.1. The number of hydrogen-bond donors (Lipinski definition) is 1. The van der Waals surface area contributed by atoms with Crippen LogP contribution in [0.2, 0.25) is 0 Å². The molecule has 1 aromatic heterocycles. The molecule has 1 saturated heterocycles. The SMILES string of the molecule is O=C(CN1CCNCC1c1cccnc1)N1CCSc2ccccc21. The van der Waals surface area contributed by atoms with Gasteiger partial charge in [-0.3, -0.25) is 14.7 Å². The smallest absolute Gasteiger partial charge is 0.241 e. The number of piperazine rings is 1. The third-order valence-electron chi connectivity index (χ3n) is 4.79. The minimum atomic E-state index is 0.184. The van der Waals surface area contributed by atoms with Crippen LogP contribution in [0, 0.1) is 0 Å². The van der Waals surface area contributed by atoms with Crippen LogP contribution in [-0.2, 0) is 4.79 Å². The van der Waals surface area contributed by atoms with E-state index in [9.17, 15) is 4.79 Å². The minimum Gasteiger partial charge on any atom is -0.314 e. The number of fused-ring (bicyclic) bond motifs is 1. The molecule has 4 rings (SSSR count). The molecular formula is C19H22N4OS. The van der Waals surface area contributed by atoms with E-state index in [1.807, 2.05) is 41.1 Å². The summed E-state index contributed by atoms with van der Waals surface area (Å²) in [6, 6.07) is 12.4. The van der Waals surface area contributed by atoms with Crippen LogP contribution in [0.15, 0.2) is 53.7 Å². The molecule has 6 heteroatoms. The highest BCUT2D eigenvalue weighted by Gasteiger charge is 2.29. The van der Waals surface area contributed by atoms with Gasteiger partial charge in [-0.05, 0) is 23.8 Å². The van der Waals surface area contributed by atoms with E-state index in [1.165, 1.54) is 4.90 Å². The van der Waals surface area contributed by atoms with Gasteiger partial charge in [0.1, 0.15) is 0 Å². The molecule has 5 nitrogen and oxygen atoms in total. The summed E-state index contributed by atoms with van der Waals surface area (Å²) >= 11 is 1.83. The van der Waals surface area contributed by atoms with Gasteiger partial charge in [-0.25, -0.2) is 0 Å². The van der Waals surface area contributed by atoms with Gasteiger partial charge in [-0.1, -0.05) is 18.2 Å². The number of benzene rings is 1. The number of rotatable bonds is 3. The maximum Gasteiger partial charge on any atom is 0.241 e. The van der Waals surface area contributed by atoms with Gasteiger partial charge in [0.2, 0.25) is 5.91 Å². The molecule has 0 spiro atoms. The fraction of sp³-hybridized carbons (Fsp3) is 0.368. The molecule has 1 amide bonds. The molecule has 1 N–H and O–H groups in total. The standard InChI is InChI=1S/C19H22N4OS/c24-19(23-10-11-25-18-6-2-1-5-16(18)23)14-22-9-8-21-13-17(22)15-4-3-7-20-12-15/h1-7,12,17,21H,8-11,13-14H2. The summed E-state index contributed by atoms with van der Waals surface area (Å²) in [5.41, 5.74) is 2.22. The van der Waals surface area contributed by atoms with Crippen molar-refractivity contribution in [2.24, 2.45) is 0 Å². The second kappa shape index (κ2) is 7.56. The van der Waals surface area contributed by atoms with Crippen molar-refractivity contribution in [1.82, 2.24) is 15.2 Å². The van der Waals surface area contributed by atoms with Crippen LogP contribution in [0.4, 0.5) is 5.69 Å². The highest BCUT2D eigenvalue weighted by molar-refractivity contribution is 7.99. The maximum atomic E-state index is 13.0. The van der Waals surface area contributed by atoms with E-state index in [2.05, 4.69) is 33.4 Å². The quantitative estimate of drug-likeness (QED) is 0.915. The first-order chi connectivity index (χ1) is 12.3. The molecule has 1 fully saturated rings. The largest absolute Gasteiger partial charge is 0.314 e. The Morgan fingerprint density at radius 3 is 3.04 bits per heavy atom. The van der Waals surface area contributed by atoms with Crippen molar-refractivity contribution in [3.05, 3.63) is 54.4 Å². The van der Waals surface area contributed by atoms with Gasteiger partial charge in [-0.15, -0.1) is 11.8 Å². The second-order valence-electron chi connectivity index (χ2n) is 6.34. The summed E-state index contributed by atoms with van der Waals surface area (Å²) in [5, 5.41) is 3.43. The summed E-state index contributed by atoms with van der Waals surface area (Å²) < 4.78 is 0. The zero-order valence-electron chi connectivity index (χ0n) is 14.1. The fourth-order valence-electron chi connectivity index (χ4n) is 3.53. The van der Waals surface area contributed by atoms with E-state index in [1.54, 1.807) is 6.20 Å². The Bertz CT molecular complexity index is 739. The predicted octanol–water partition coefficient (Wildman–Crippen LogP) is 2.17. The number of anilines is 1. The number of aromatic nitrogens is 1. The van der Waals surface area contributed by atoms with Crippen molar-refractivity contribution in [2.75, 3.05) is 43.4 Å². The summed E-state index contributed by atoms with van der Waals surface area (Å²) in [6.07, 6.45) is 3.69. The van der Waals surface area contributed by atoms with Gasteiger partial charge in [-0.2, -0.15) is 0 Å². The molecule has 1 atom stereocenters. The Morgan fingerprint density at radius 2 is 2.16 bits per heavy atom. The van der Waals surface area contributed by atoms with Crippen LogP contribution in [0.1, 0.15) is 11.6 Å². The van der Waals surface area contributed by atoms with Crippen molar-refractivity contribution < 1.29 is 4.79 Å². The number of carbonyl (C=O) groups excluding carboxylic acids is 1. The van der Waals surface area contributed by atoms with E-state index in [0.717, 1.165) is 43.2 Å². The normalized spacial score (nSPS) is 21.0. The molecule has 130 valence electrons. The lowest BCUT2D eigenvalue weighted by molar-refractivity contribution is -0.120. The van der Waals surface area contributed by atoms with Gasteiger partial charge in [0.25, 0.3) is 0 Å². The van der Waals surface area contributed by atoms with E-state index in [-0.39, 0.29) is 11.9 Å². The van der Waals surface area contributed by atoms with E-state index >= 15 is 0 Å². The van der Waals surface area contributed by atoms with Gasteiger partial charge >= 0.3 is 0 Å². The number of pyridine rings is 1. The highest BCUT2D eigenvalue weighted by atomic mass is 32.2. The van der Waals surface area contributed by atoms with Crippen LogP contribution >= 0.6 is 11.8 Å². The molecule has 1 aromatic carbocycles. The zero-order valence-corrected chi connectivity index (χ0v) is 14.9. The molecule has 0 saturated carbocycles. The summed E-state index contributed by atoms with van der Waals surface area (Å²) in [4.78, 5) is 22.7. The average Bonchev–Trinajstić information content (AvgIpc) is 2.68. The average molecular weight is 354 g/mol. The second-order valence-corrected chi connectivity index (χ2v) is 7.48. The molecule has 3 heterocycles. The number of nitrogens with zero attached hydrogens (tertiary/aromatic N) is 3. The van der Waals surface area contributed by atoms with Crippen LogP contribution < -0.4 is 10.2 Å². The van der Waals surface area contributed by atoms with Crippen molar-refractivity contribution in [1.29, 1.82) is 0 Å². The molecule has 0 radical (unpaired) electrons. The number of hydrogen-bond acceptors (Lipinski definition) is 5. The van der Waals surface area contributed by atoms with E-state index < -0.39 is 0 Å². The van der Waals surface area contributed by atoms with Crippen LogP contribution in [-0.4, -0.2) is 54.3 Å². The molecule has 1 unspecified atom stereocenters. The first kappa shape index (κ1) is 16.6. The van der Waals surface area contributed by atoms with Gasteiger partial charge in [0, 0.05) is 55.3 Å². The Labute approximate surface area is 152 Å². The highest BCUT2D eigenvalue weighted by Crippen LogP contribution is 2.34. The van der Waals surface area contributed by atoms with E-state index in [0.29, 0.717) is 6.54 Å². The molecule has 2 aliphatic heterocycles. The molecule has 0 aliphatic carbocycles. The lowest BCUT2D eigenvalue weighted by Crippen LogP contribution is -2.51. The predicted molar refractivity (Wildman–Crippen MR) is 101 cm³/mol. The summed E-state index contributed by atoms with van der Waals surface area (Å²) in [6.45, 7) is 3.86. The number of carbonyl (C=O) groups is 1. The summed E-state index contributed by atoms with van der Waals surface area (Å²) in [7, 11) is 0. The van der Waals surface area contributed by atoms with Crippen molar-refractivity contribution >= 4 is 23.4 Å².